The maximum absolute atomic E-state index is 14.1. The van der Waals surface area contributed by atoms with Gasteiger partial charge in [0.15, 0.2) is 0 Å². The Bertz CT molecular complexity index is 1410. The van der Waals surface area contributed by atoms with Crippen molar-refractivity contribution in [3.8, 4) is 0 Å². The summed E-state index contributed by atoms with van der Waals surface area (Å²) >= 11 is 0. The molecule has 0 radical (unpaired) electrons. The molecule has 4 rings (SSSR count). The van der Waals surface area contributed by atoms with Crippen molar-refractivity contribution in [2.24, 2.45) is 5.41 Å². The monoisotopic (exact) mass is 625 g/mol. The first-order chi connectivity index (χ1) is 20.4. The highest BCUT2D eigenvalue weighted by molar-refractivity contribution is 5.87. The fraction of sp³-hybridized carbons (Fsp3) is 0.438. The molecule has 0 spiro atoms. The maximum Gasteiger partial charge on any atom is 0.416 e. The van der Waals surface area contributed by atoms with E-state index in [9.17, 15) is 40.3 Å². The van der Waals surface area contributed by atoms with Gasteiger partial charge in [-0.15, -0.1) is 13.2 Å². The van der Waals surface area contributed by atoms with E-state index in [1.165, 1.54) is 37.1 Å². The Kier molecular flexibility index (Phi) is 8.97. The van der Waals surface area contributed by atoms with E-state index in [-0.39, 0.29) is 30.6 Å². The summed E-state index contributed by atoms with van der Waals surface area (Å²) in [5, 5.41) is 0. The van der Waals surface area contributed by atoms with Gasteiger partial charge in [0.1, 0.15) is 5.82 Å². The van der Waals surface area contributed by atoms with Gasteiger partial charge in [-0.05, 0) is 80.1 Å². The molecule has 2 heterocycles. The first-order valence-corrected chi connectivity index (χ1v) is 14.1. The number of allylic oxidation sites excluding steroid dienone is 2. The molecule has 0 aromatic heterocycles. The van der Waals surface area contributed by atoms with Crippen LogP contribution in [0.25, 0.3) is 0 Å². The van der Waals surface area contributed by atoms with Crippen LogP contribution in [0.5, 0.6) is 0 Å². The number of carbonyl (C=O) groups excluding carboxylic acids is 2. The van der Waals surface area contributed by atoms with Gasteiger partial charge >= 0.3 is 18.4 Å². The summed E-state index contributed by atoms with van der Waals surface area (Å²) in [6.07, 6.45) is -5.72. The van der Waals surface area contributed by atoms with E-state index in [0.717, 1.165) is 4.90 Å². The molecule has 5 nitrogen and oxygen atoms in total. The average Bonchev–Trinajstić information content (AvgIpc) is 3.21. The summed E-state index contributed by atoms with van der Waals surface area (Å²) in [7, 11) is 1.31. The lowest BCUT2D eigenvalue weighted by molar-refractivity contribution is -0.143. The second-order valence-electron chi connectivity index (χ2n) is 11.6. The third-order valence-electron chi connectivity index (χ3n) is 8.84. The molecule has 2 saturated heterocycles. The smallest absolute Gasteiger partial charge is 0.335 e. The van der Waals surface area contributed by atoms with Crippen LogP contribution in [-0.2, 0) is 17.1 Å². The molecule has 2 aromatic rings. The lowest BCUT2D eigenvalue weighted by atomic mass is 9.76. The molecule has 0 unspecified atom stereocenters. The fourth-order valence-corrected chi connectivity index (χ4v) is 6.51. The van der Waals surface area contributed by atoms with E-state index < -0.39 is 58.9 Å². The van der Waals surface area contributed by atoms with Crippen LogP contribution in [0.15, 0.2) is 61.7 Å². The molecule has 2 aromatic carbocycles. The molecule has 2 fully saturated rings. The Morgan fingerprint density at radius 2 is 1.59 bits per heavy atom. The zero-order chi connectivity index (χ0) is 32.8. The van der Waals surface area contributed by atoms with Gasteiger partial charge in [-0.1, -0.05) is 18.2 Å². The van der Waals surface area contributed by atoms with Crippen molar-refractivity contribution in [1.29, 1.82) is 0 Å². The summed E-state index contributed by atoms with van der Waals surface area (Å²) < 4.78 is 95.5. The van der Waals surface area contributed by atoms with Gasteiger partial charge in [0, 0.05) is 20.1 Å². The Morgan fingerprint density at radius 1 is 1.02 bits per heavy atom. The number of carbonyl (C=O) groups is 2. The Labute approximate surface area is 251 Å². The number of halogens is 7. The van der Waals surface area contributed by atoms with E-state index in [0.29, 0.717) is 42.5 Å². The number of nitrogens with zero attached hydrogens (tertiary/aromatic N) is 3. The lowest BCUT2D eigenvalue weighted by Crippen LogP contribution is -2.57. The number of fused-ring (bicyclic) bond motifs is 1. The Morgan fingerprint density at radius 3 is 2.09 bits per heavy atom. The van der Waals surface area contributed by atoms with Crippen LogP contribution >= 0.6 is 0 Å². The van der Waals surface area contributed by atoms with E-state index in [2.05, 4.69) is 13.2 Å². The number of aryl methyl sites for hydroxylation is 1. The highest BCUT2D eigenvalue weighted by Crippen LogP contribution is 2.50. The van der Waals surface area contributed by atoms with Gasteiger partial charge in [0.05, 0.1) is 34.7 Å². The van der Waals surface area contributed by atoms with Gasteiger partial charge < -0.3 is 14.7 Å². The molecular weight excluding hydrogens is 591 g/mol. The number of urea groups is 1. The lowest BCUT2D eigenvalue weighted by Gasteiger charge is -2.47. The molecular formula is C32H34F7N3O2. The molecule has 44 heavy (non-hydrogen) atoms. The quantitative estimate of drug-likeness (QED) is 0.231. The second-order valence-corrected chi connectivity index (χ2v) is 11.6. The predicted octanol–water partition coefficient (Wildman–Crippen LogP) is 8.08. The summed E-state index contributed by atoms with van der Waals surface area (Å²) in [5.74, 6) is -0.618. The zero-order valence-electron chi connectivity index (χ0n) is 24.6. The van der Waals surface area contributed by atoms with E-state index in [1.54, 1.807) is 24.0 Å². The highest BCUT2D eigenvalue weighted by atomic mass is 19.4. The first kappa shape index (κ1) is 33.1. The van der Waals surface area contributed by atoms with Gasteiger partial charge in [-0.2, -0.15) is 26.3 Å². The number of amides is 3. The summed E-state index contributed by atoms with van der Waals surface area (Å²) in [5.41, 5.74) is -3.04. The highest BCUT2D eigenvalue weighted by Gasteiger charge is 2.56. The van der Waals surface area contributed by atoms with E-state index in [4.69, 9.17) is 0 Å². The summed E-state index contributed by atoms with van der Waals surface area (Å²) in [6.45, 7) is 10.8. The van der Waals surface area contributed by atoms with Crippen LogP contribution < -0.4 is 0 Å². The minimum Gasteiger partial charge on any atom is -0.335 e. The standard InChI is InChI=1S/C32H34F7N3O2/c1-6-10-30(11-7-2)18-26-27(25-9-8-24(33)14-19(25)3)42(13-12-41(26)28(30)43)29(44)40(5)20(4)21-15-22(31(34,35)36)17-23(16-21)32(37,38)39/h6-9,14-17,20,26-27H,1-2,10-13,18H2,3-5H3/t20-,26+,27+/m1/s1. The van der Waals surface area contributed by atoms with Crippen molar-refractivity contribution in [2.75, 3.05) is 20.1 Å². The van der Waals surface area contributed by atoms with Crippen molar-refractivity contribution < 1.29 is 40.3 Å². The fourth-order valence-electron chi connectivity index (χ4n) is 6.51. The maximum atomic E-state index is 14.1. The van der Waals surface area contributed by atoms with Crippen LogP contribution in [0.4, 0.5) is 35.5 Å². The number of alkyl halides is 6. The molecule has 3 amide bonds. The third kappa shape index (κ3) is 6.08. The van der Waals surface area contributed by atoms with Crippen molar-refractivity contribution in [3.05, 3.63) is 95.3 Å². The normalized spacial score (nSPS) is 20.7. The van der Waals surface area contributed by atoms with Crippen molar-refractivity contribution in [3.63, 3.8) is 0 Å². The molecule has 0 bridgehead atoms. The number of hydrogen-bond acceptors (Lipinski definition) is 2. The molecule has 0 N–H and O–H groups in total. The predicted molar refractivity (Wildman–Crippen MR) is 151 cm³/mol. The number of hydrogen-bond donors (Lipinski definition) is 0. The van der Waals surface area contributed by atoms with Crippen molar-refractivity contribution in [1.82, 2.24) is 14.7 Å². The van der Waals surface area contributed by atoms with Gasteiger partial charge in [-0.3, -0.25) is 4.79 Å². The topological polar surface area (TPSA) is 43.9 Å². The summed E-state index contributed by atoms with van der Waals surface area (Å²) in [4.78, 5) is 32.1. The molecule has 2 aliphatic rings. The number of piperazine rings is 1. The molecule has 2 aliphatic heterocycles. The number of benzene rings is 2. The Hall–Kier alpha value is -3.83. The SMILES string of the molecule is C=CCC1(CC=C)C[C@H]2[C@H](c3ccc(F)cc3C)N(C(=O)N(C)[C@H](C)c3cc(C(F)(F)F)cc(C(F)(F)F)c3)CCN2C1=O. The van der Waals surface area contributed by atoms with Crippen LogP contribution in [-0.4, -0.2) is 52.8 Å². The van der Waals surface area contributed by atoms with Gasteiger partial charge in [0.25, 0.3) is 0 Å². The van der Waals surface area contributed by atoms with Crippen molar-refractivity contribution >= 4 is 11.9 Å². The minimum absolute atomic E-state index is 0.0360. The zero-order valence-corrected chi connectivity index (χ0v) is 24.6. The van der Waals surface area contributed by atoms with Gasteiger partial charge in [0.2, 0.25) is 5.91 Å². The third-order valence-corrected chi connectivity index (χ3v) is 8.84. The molecule has 3 atom stereocenters. The average molecular weight is 626 g/mol. The summed E-state index contributed by atoms with van der Waals surface area (Å²) in [6, 6.07) is 2.21. The van der Waals surface area contributed by atoms with Crippen LogP contribution in [0.1, 0.15) is 66.1 Å². The first-order valence-electron chi connectivity index (χ1n) is 14.1. The van der Waals surface area contributed by atoms with Crippen molar-refractivity contribution in [2.45, 2.75) is 63.6 Å². The van der Waals surface area contributed by atoms with Crippen LogP contribution in [0.2, 0.25) is 0 Å². The van der Waals surface area contributed by atoms with Gasteiger partial charge in [-0.25, -0.2) is 9.18 Å². The van der Waals surface area contributed by atoms with E-state index in [1.807, 2.05) is 0 Å². The van der Waals surface area contributed by atoms with Crippen LogP contribution in [0, 0.1) is 18.2 Å². The molecule has 238 valence electrons. The molecule has 0 aliphatic carbocycles. The second kappa shape index (κ2) is 11.9. The van der Waals surface area contributed by atoms with E-state index >= 15 is 0 Å². The minimum atomic E-state index is -5.04. The Balaban J connectivity index is 1.76. The molecule has 0 saturated carbocycles. The van der Waals surface area contributed by atoms with Crippen LogP contribution in [0.3, 0.4) is 0 Å². The molecule has 12 heteroatoms. The largest absolute Gasteiger partial charge is 0.416 e. The number of rotatable bonds is 7.